The van der Waals surface area contributed by atoms with E-state index < -0.39 is 17.5 Å². The lowest BCUT2D eigenvalue weighted by molar-refractivity contribution is -0.132. The molecule has 1 heterocycles. The normalized spacial score (nSPS) is 19.8. The first-order valence-electron chi connectivity index (χ1n) is 7.95. The third-order valence-corrected chi connectivity index (χ3v) is 4.50. The highest BCUT2D eigenvalue weighted by Crippen LogP contribution is 2.33. The van der Waals surface area contributed by atoms with E-state index in [0.717, 1.165) is 24.3 Å². The van der Waals surface area contributed by atoms with Crippen LogP contribution in [0, 0.1) is 0 Å². The number of carbonyl (C=O) groups is 3. The molecule has 0 atom stereocenters. The van der Waals surface area contributed by atoms with Crippen molar-refractivity contribution in [2.24, 2.45) is 5.10 Å². The molecule has 1 saturated heterocycles. The quantitative estimate of drug-likeness (QED) is 0.522. The molecule has 1 aliphatic carbocycles. The van der Waals surface area contributed by atoms with Gasteiger partial charge in [0.05, 0.1) is 18.9 Å². The van der Waals surface area contributed by atoms with Crippen LogP contribution in [0.5, 0.6) is 0 Å². The number of amides is 3. The first-order chi connectivity index (χ1) is 11.6. The fourth-order valence-electron chi connectivity index (χ4n) is 3.15. The molecule has 0 aromatic heterocycles. The maximum Gasteiger partial charge on any atom is 0.346 e. The second kappa shape index (κ2) is 6.43. The number of rotatable bonds is 3. The van der Waals surface area contributed by atoms with Gasteiger partial charge in [-0.25, -0.2) is 9.59 Å². The van der Waals surface area contributed by atoms with E-state index in [2.05, 4.69) is 15.2 Å². The summed E-state index contributed by atoms with van der Waals surface area (Å²) in [7, 11) is 1.32. The molecular formula is C17H19N3O4. The van der Waals surface area contributed by atoms with E-state index in [-0.39, 0.29) is 5.91 Å². The minimum Gasteiger partial charge on any atom is -0.465 e. The van der Waals surface area contributed by atoms with Gasteiger partial charge in [0.2, 0.25) is 0 Å². The van der Waals surface area contributed by atoms with Crippen molar-refractivity contribution in [2.45, 2.75) is 37.6 Å². The van der Waals surface area contributed by atoms with Gasteiger partial charge in [-0.3, -0.25) is 4.79 Å². The van der Waals surface area contributed by atoms with Gasteiger partial charge in [-0.05, 0) is 30.5 Å². The second-order valence-corrected chi connectivity index (χ2v) is 6.05. The van der Waals surface area contributed by atoms with E-state index in [9.17, 15) is 14.4 Å². The number of methoxy groups -OCH3 is 1. The summed E-state index contributed by atoms with van der Waals surface area (Å²) in [6, 6.07) is 6.06. The summed E-state index contributed by atoms with van der Waals surface area (Å²) >= 11 is 0. The van der Waals surface area contributed by atoms with Crippen molar-refractivity contribution in [1.82, 2.24) is 10.3 Å². The van der Waals surface area contributed by atoms with Gasteiger partial charge in [0.1, 0.15) is 5.54 Å². The molecule has 2 fully saturated rings. The Balaban J connectivity index is 1.73. The van der Waals surface area contributed by atoms with E-state index in [1.54, 1.807) is 24.3 Å². The van der Waals surface area contributed by atoms with Gasteiger partial charge >= 0.3 is 12.0 Å². The Labute approximate surface area is 139 Å². The Hall–Kier alpha value is -2.70. The third kappa shape index (κ3) is 2.89. The van der Waals surface area contributed by atoms with E-state index in [0.29, 0.717) is 24.0 Å². The number of hydrogen-bond acceptors (Lipinski definition) is 5. The molecule has 3 rings (SSSR count). The Bertz CT molecular complexity index is 690. The molecule has 1 aromatic rings. The fourth-order valence-corrected chi connectivity index (χ4v) is 3.15. The summed E-state index contributed by atoms with van der Waals surface area (Å²) in [4.78, 5) is 36.0. The number of urea groups is 1. The standard InChI is InChI=1S/C17H19N3O4/c1-24-14(21)13-7-5-12(6-8-13)11-18-20-15(22)17(19-16(20)23)9-3-2-4-10-17/h5-8,11H,2-4,9-10H2,1H3,(H,19,23). The van der Waals surface area contributed by atoms with Crippen LogP contribution in [-0.4, -0.2) is 41.8 Å². The minimum atomic E-state index is -0.776. The molecule has 0 radical (unpaired) electrons. The third-order valence-electron chi connectivity index (χ3n) is 4.50. The van der Waals surface area contributed by atoms with Crippen molar-refractivity contribution < 1.29 is 19.1 Å². The zero-order valence-electron chi connectivity index (χ0n) is 13.4. The Morgan fingerprint density at radius 2 is 1.88 bits per heavy atom. The van der Waals surface area contributed by atoms with Crippen molar-refractivity contribution >= 4 is 24.1 Å². The predicted molar refractivity (Wildman–Crippen MR) is 86.6 cm³/mol. The first kappa shape index (κ1) is 16.2. The van der Waals surface area contributed by atoms with Gasteiger partial charge < -0.3 is 10.1 Å². The molecule has 1 saturated carbocycles. The highest BCUT2D eigenvalue weighted by molar-refractivity contribution is 6.07. The van der Waals surface area contributed by atoms with Crippen LogP contribution in [0.1, 0.15) is 48.0 Å². The number of nitrogens with one attached hydrogen (secondary N) is 1. The average molecular weight is 329 g/mol. The number of nitrogens with zero attached hydrogens (tertiary/aromatic N) is 2. The van der Waals surface area contributed by atoms with Crippen molar-refractivity contribution in [3.8, 4) is 0 Å². The van der Waals surface area contributed by atoms with Crippen LogP contribution >= 0.6 is 0 Å². The van der Waals surface area contributed by atoms with Gasteiger partial charge in [-0.1, -0.05) is 31.4 Å². The highest BCUT2D eigenvalue weighted by atomic mass is 16.5. The molecule has 24 heavy (non-hydrogen) atoms. The SMILES string of the molecule is COC(=O)c1ccc(C=NN2C(=O)NC3(CCCCC3)C2=O)cc1. The second-order valence-electron chi connectivity index (χ2n) is 6.05. The van der Waals surface area contributed by atoms with Gasteiger partial charge in [0.25, 0.3) is 5.91 Å². The Morgan fingerprint density at radius 1 is 1.21 bits per heavy atom. The molecule has 3 amide bonds. The molecule has 1 aromatic carbocycles. The van der Waals surface area contributed by atoms with Crippen molar-refractivity contribution in [3.63, 3.8) is 0 Å². The lowest BCUT2D eigenvalue weighted by Crippen LogP contribution is -2.48. The monoisotopic (exact) mass is 329 g/mol. The molecule has 0 bridgehead atoms. The van der Waals surface area contributed by atoms with Gasteiger partial charge in [-0.2, -0.15) is 5.10 Å². The number of hydrazone groups is 1. The largest absolute Gasteiger partial charge is 0.465 e. The molecule has 126 valence electrons. The summed E-state index contributed by atoms with van der Waals surface area (Å²) in [5, 5.41) is 7.73. The molecule has 7 heteroatoms. The summed E-state index contributed by atoms with van der Waals surface area (Å²) < 4.78 is 4.63. The Kier molecular flexibility index (Phi) is 4.33. The number of benzene rings is 1. The Morgan fingerprint density at radius 3 is 2.50 bits per heavy atom. The molecule has 0 unspecified atom stereocenters. The topological polar surface area (TPSA) is 88.1 Å². The zero-order chi connectivity index (χ0) is 17.2. The molecule has 1 aliphatic heterocycles. The highest BCUT2D eigenvalue weighted by Gasteiger charge is 2.51. The number of carbonyl (C=O) groups excluding carboxylic acids is 3. The van der Waals surface area contributed by atoms with Crippen LogP contribution in [0.15, 0.2) is 29.4 Å². The summed E-state index contributed by atoms with van der Waals surface area (Å²) in [6.45, 7) is 0. The molecule has 2 aliphatic rings. The van der Waals surface area contributed by atoms with Crippen molar-refractivity contribution in [3.05, 3.63) is 35.4 Å². The number of imide groups is 1. The van der Waals surface area contributed by atoms with Crippen LogP contribution in [0.4, 0.5) is 4.79 Å². The molecular weight excluding hydrogens is 310 g/mol. The predicted octanol–water partition coefficient (Wildman–Crippen LogP) is 2.06. The number of esters is 1. The van der Waals surface area contributed by atoms with Crippen LogP contribution in [-0.2, 0) is 9.53 Å². The minimum absolute atomic E-state index is 0.283. The zero-order valence-corrected chi connectivity index (χ0v) is 13.4. The van der Waals surface area contributed by atoms with Crippen molar-refractivity contribution in [2.75, 3.05) is 7.11 Å². The maximum atomic E-state index is 12.6. The fraction of sp³-hybridized carbons (Fsp3) is 0.412. The van der Waals surface area contributed by atoms with Crippen LogP contribution in [0.25, 0.3) is 0 Å². The molecule has 1 N–H and O–H groups in total. The van der Waals surface area contributed by atoms with Gasteiger partial charge in [0.15, 0.2) is 0 Å². The van der Waals surface area contributed by atoms with Crippen LogP contribution in [0.3, 0.4) is 0 Å². The summed E-state index contributed by atoms with van der Waals surface area (Å²) in [5.41, 5.74) is 0.320. The van der Waals surface area contributed by atoms with E-state index in [1.807, 2.05) is 0 Å². The van der Waals surface area contributed by atoms with Crippen molar-refractivity contribution in [1.29, 1.82) is 0 Å². The first-order valence-corrected chi connectivity index (χ1v) is 7.95. The summed E-state index contributed by atoms with van der Waals surface area (Å²) in [6.07, 6.45) is 5.70. The number of hydrogen-bond donors (Lipinski definition) is 1. The molecule has 7 nitrogen and oxygen atoms in total. The maximum absolute atomic E-state index is 12.6. The van der Waals surface area contributed by atoms with Crippen LogP contribution < -0.4 is 5.32 Å². The van der Waals surface area contributed by atoms with Crippen LogP contribution in [0.2, 0.25) is 0 Å². The van der Waals surface area contributed by atoms with E-state index in [4.69, 9.17) is 0 Å². The van der Waals surface area contributed by atoms with E-state index >= 15 is 0 Å². The average Bonchev–Trinajstić information content (AvgIpc) is 2.83. The lowest BCUT2D eigenvalue weighted by Gasteiger charge is -2.29. The number of ether oxygens (including phenoxy) is 1. The summed E-state index contributed by atoms with van der Waals surface area (Å²) in [5.74, 6) is -0.707. The van der Waals surface area contributed by atoms with Gasteiger partial charge in [0, 0.05) is 0 Å². The van der Waals surface area contributed by atoms with Gasteiger partial charge in [-0.15, -0.1) is 5.01 Å². The lowest BCUT2D eigenvalue weighted by atomic mass is 9.82. The molecule has 1 spiro atoms. The van der Waals surface area contributed by atoms with E-state index in [1.165, 1.54) is 13.3 Å². The smallest absolute Gasteiger partial charge is 0.346 e.